The van der Waals surface area contributed by atoms with Gasteiger partial charge in [0.25, 0.3) is 0 Å². The second kappa shape index (κ2) is 5.00. The number of hydrogen-bond donors (Lipinski definition) is 1. The van der Waals surface area contributed by atoms with E-state index in [1.54, 1.807) is 29.4 Å². The summed E-state index contributed by atoms with van der Waals surface area (Å²) < 4.78 is 0. The maximum absolute atomic E-state index is 12.3. The van der Waals surface area contributed by atoms with Gasteiger partial charge < -0.3 is 10.6 Å². The highest BCUT2D eigenvalue weighted by molar-refractivity contribution is 6.09. The van der Waals surface area contributed by atoms with Crippen molar-refractivity contribution < 1.29 is 9.59 Å². The molecule has 18 heavy (non-hydrogen) atoms. The number of amides is 1. The summed E-state index contributed by atoms with van der Waals surface area (Å²) in [6, 6.07) is 3.30. The molecule has 2 heterocycles. The number of hydrogen-bond acceptors (Lipinski definition) is 4. The molecule has 0 bridgehead atoms. The van der Waals surface area contributed by atoms with E-state index >= 15 is 0 Å². The van der Waals surface area contributed by atoms with Crippen molar-refractivity contribution in [1.29, 1.82) is 0 Å². The number of nitrogens with zero attached hydrogens (tertiary/aromatic N) is 2. The molecule has 1 aliphatic heterocycles. The van der Waals surface area contributed by atoms with Crippen molar-refractivity contribution in [2.45, 2.75) is 13.3 Å². The SMILES string of the molecule is CC(=O)N1CCC(N)=C(C(=O)c2ccncc2)C1. The average Bonchev–Trinajstić information content (AvgIpc) is 2.39. The number of ketones is 1. The Morgan fingerprint density at radius 2 is 2.00 bits per heavy atom. The molecule has 1 aromatic heterocycles. The number of rotatable bonds is 2. The molecular formula is C13H15N3O2. The summed E-state index contributed by atoms with van der Waals surface area (Å²) in [5, 5.41) is 0. The molecule has 0 fully saturated rings. The zero-order chi connectivity index (χ0) is 13.1. The first-order valence-corrected chi connectivity index (χ1v) is 5.77. The zero-order valence-electron chi connectivity index (χ0n) is 10.2. The third-order valence-corrected chi connectivity index (χ3v) is 3.05. The highest BCUT2D eigenvalue weighted by Crippen LogP contribution is 2.18. The molecule has 0 spiro atoms. The van der Waals surface area contributed by atoms with Crippen LogP contribution in [0.3, 0.4) is 0 Å². The molecular weight excluding hydrogens is 230 g/mol. The fourth-order valence-electron chi connectivity index (χ4n) is 1.94. The quantitative estimate of drug-likeness (QED) is 0.779. The van der Waals surface area contributed by atoms with Gasteiger partial charge >= 0.3 is 0 Å². The van der Waals surface area contributed by atoms with Gasteiger partial charge in [-0.25, -0.2) is 0 Å². The Hall–Kier alpha value is -2.17. The van der Waals surface area contributed by atoms with Crippen molar-refractivity contribution in [2.75, 3.05) is 13.1 Å². The third-order valence-electron chi connectivity index (χ3n) is 3.05. The summed E-state index contributed by atoms with van der Waals surface area (Å²) in [6.45, 7) is 2.37. The summed E-state index contributed by atoms with van der Waals surface area (Å²) >= 11 is 0. The predicted octanol–water partition coefficient (Wildman–Crippen LogP) is 0.729. The standard InChI is InChI=1S/C13H15N3O2/c1-9(17)16-7-4-12(14)11(8-16)13(18)10-2-5-15-6-3-10/h2-3,5-6H,4,7-8,14H2,1H3. The lowest BCUT2D eigenvalue weighted by molar-refractivity contribution is -0.128. The smallest absolute Gasteiger partial charge is 0.219 e. The molecule has 0 unspecified atom stereocenters. The lowest BCUT2D eigenvalue weighted by Crippen LogP contribution is -2.38. The van der Waals surface area contributed by atoms with Crippen LogP contribution in [-0.2, 0) is 4.79 Å². The van der Waals surface area contributed by atoms with Gasteiger partial charge in [-0.3, -0.25) is 14.6 Å². The minimum atomic E-state index is -0.124. The molecule has 1 aromatic rings. The lowest BCUT2D eigenvalue weighted by atomic mass is 9.98. The molecule has 0 saturated heterocycles. The van der Waals surface area contributed by atoms with Gasteiger partial charge in [-0.2, -0.15) is 0 Å². The van der Waals surface area contributed by atoms with Gasteiger partial charge in [0.05, 0.1) is 6.54 Å². The van der Waals surface area contributed by atoms with Gasteiger partial charge in [0.1, 0.15) is 0 Å². The highest BCUT2D eigenvalue weighted by atomic mass is 16.2. The first-order chi connectivity index (χ1) is 8.59. The van der Waals surface area contributed by atoms with E-state index in [0.717, 1.165) is 0 Å². The minimum Gasteiger partial charge on any atom is -0.402 e. The van der Waals surface area contributed by atoms with Gasteiger partial charge in [-0.15, -0.1) is 0 Å². The van der Waals surface area contributed by atoms with Crippen molar-refractivity contribution in [3.63, 3.8) is 0 Å². The van der Waals surface area contributed by atoms with Crippen molar-refractivity contribution in [3.05, 3.63) is 41.4 Å². The zero-order valence-corrected chi connectivity index (χ0v) is 10.2. The van der Waals surface area contributed by atoms with E-state index in [1.807, 2.05) is 0 Å². The highest BCUT2D eigenvalue weighted by Gasteiger charge is 2.24. The van der Waals surface area contributed by atoms with E-state index in [0.29, 0.717) is 36.3 Å². The number of Topliss-reactive ketones (excluding diaryl/α,β-unsaturated/α-hetero) is 1. The molecule has 94 valence electrons. The summed E-state index contributed by atoms with van der Waals surface area (Å²) in [4.78, 5) is 29.1. The first kappa shape index (κ1) is 12.3. The fourth-order valence-corrected chi connectivity index (χ4v) is 1.94. The second-order valence-electron chi connectivity index (χ2n) is 4.26. The lowest BCUT2D eigenvalue weighted by Gasteiger charge is -2.28. The number of nitrogens with two attached hydrogens (primary N) is 1. The van der Waals surface area contributed by atoms with Gasteiger partial charge in [-0.1, -0.05) is 0 Å². The molecule has 0 saturated carbocycles. The van der Waals surface area contributed by atoms with E-state index in [4.69, 9.17) is 5.73 Å². The Morgan fingerprint density at radius 1 is 1.33 bits per heavy atom. The molecule has 2 rings (SSSR count). The van der Waals surface area contributed by atoms with E-state index in [9.17, 15) is 9.59 Å². The Bertz CT molecular complexity index is 508. The van der Waals surface area contributed by atoms with Gasteiger partial charge in [0.2, 0.25) is 5.91 Å². The van der Waals surface area contributed by atoms with Crippen LogP contribution in [0.4, 0.5) is 0 Å². The molecule has 0 atom stereocenters. The number of aromatic nitrogens is 1. The van der Waals surface area contributed by atoms with Crippen molar-refractivity contribution in [3.8, 4) is 0 Å². The topological polar surface area (TPSA) is 76.3 Å². The fraction of sp³-hybridized carbons (Fsp3) is 0.308. The van der Waals surface area contributed by atoms with E-state index in [2.05, 4.69) is 4.98 Å². The monoisotopic (exact) mass is 245 g/mol. The van der Waals surface area contributed by atoms with Gasteiger partial charge in [0, 0.05) is 49.1 Å². The van der Waals surface area contributed by atoms with Crippen LogP contribution in [0.25, 0.3) is 0 Å². The number of carbonyl (C=O) groups is 2. The van der Waals surface area contributed by atoms with Crippen LogP contribution in [0, 0.1) is 0 Å². The number of carbonyl (C=O) groups excluding carboxylic acids is 2. The summed E-state index contributed by atoms with van der Waals surface area (Å²) in [5.74, 6) is -0.164. The van der Waals surface area contributed by atoms with E-state index in [-0.39, 0.29) is 11.7 Å². The maximum Gasteiger partial charge on any atom is 0.219 e. The Kier molecular flexibility index (Phi) is 3.41. The van der Waals surface area contributed by atoms with E-state index < -0.39 is 0 Å². The van der Waals surface area contributed by atoms with Crippen LogP contribution in [0.15, 0.2) is 35.8 Å². The molecule has 1 aliphatic rings. The summed E-state index contributed by atoms with van der Waals surface area (Å²) in [6.07, 6.45) is 3.68. The van der Waals surface area contributed by atoms with Gasteiger partial charge in [-0.05, 0) is 12.1 Å². The summed E-state index contributed by atoms with van der Waals surface area (Å²) in [5.41, 5.74) is 7.53. The normalized spacial score (nSPS) is 15.7. The first-order valence-electron chi connectivity index (χ1n) is 5.77. The Labute approximate surface area is 105 Å². The van der Waals surface area contributed by atoms with Crippen LogP contribution >= 0.6 is 0 Å². The van der Waals surface area contributed by atoms with Crippen LogP contribution in [0.5, 0.6) is 0 Å². The van der Waals surface area contributed by atoms with Crippen molar-refractivity contribution >= 4 is 11.7 Å². The molecule has 0 radical (unpaired) electrons. The minimum absolute atomic E-state index is 0.0393. The van der Waals surface area contributed by atoms with Crippen LogP contribution < -0.4 is 5.73 Å². The van der Waals surface area contributed by atoms with Crippen molar-refractivity contribution in [1.82, 2.24) is 9.88 Å². The second-order valence-corrected chi connectivity index (χ2v) is 4.26. The Balaban J connectivity index is 2.26. The Morgan fingerprint density at radius 3 is 2.61 bits per heavy atom. The average molecular weight is 245 g/mol. The maximum atomic E-state index is 12.3. The number of pyridine rings is 1. The third kappa shape index (κ3) is 2.40. The van der Waals surface area contributed by atoms with Crippen LogP contribution in [-0.4, -0.2) is 34.7 Å². The molecule has 5 nitrogen and oxygen atoms in total. The molecule has 0 aliphatic carbocycles. The largest absolute Gasteiger partial charge is 0.402 e. The molecule has 0 aromatic carbocycles. The van der Waals surface area contributed by atoms with Crippen LogP contribution in [0.1, 0.15) is 23.7 Å². The van der Waals surface area contributed by atoms with Gasteiger partial charge in [0.15, 0.2) is 5.78 Å². The predicted molar refractivity (Wildman–Crippen MR) is 66.7 cm³/mol. The van der Waals surface area contributed by atoms with E-state index in [1.165, 1.54) is 6.92 Å². The summed E-state index contributed by atoms with van der Waals surface area (Å²) in [7, 11) is 0. The van der Waals surface area contributed by atoms with Crippen LogP contribution in [0.2, 0.25) is 0 Å². The molecule has 1 amide bonds. The van der Waals surface area contributed by atoms with Crippen molar-refractivity contribution in [2.24, 2.45) is 5.73 Å². The molecule has 5 heteroatoms. The molecule has 2 N–H and O–H groups in total.